The normalized spacial score (nSPS) is 20.8. The van der Waals surface area contributed by atoms with Gasteiger partial charge >= 0.3 is 0 Å². The number of allylic oxidation sites excluding steroid dienone is 2. The SMILES string of the molecule is CC1(O)C=C(c2nc(Cl)nc3c(F)c(Br)c(F)cc23)C=C[N+]([O-])=C1. The Labute approximate surface area is 148 Å². The molecule has 0 aliphatic carbocycles. The van der Waals surface area contributed by atoms with E-state index in [2.05, 4.69) is 25.9 Å². The van der Waals surface area contributed by atoms with Crippen LogP contribution in [0.5, 0.6) is 0 Å². The second kappa shape index (κ2) is 5.87. The summed E-state index contributed by atoms with van der Waals surface area (Å²) in [7, 11) is 0. The number of hydrogen-bond donors (Lipinski definition) is 1. The van der Waals surface area contributed by atoms with Crippen molar-refractivity contribution in [2.45, 2.75) is 12.5 Å². The lowest BCUT2D eigenvalue weighted by Crippen LogP contribution is -2.26. The Hall–Kier alpha value is -1.90. The Balaban J connectivity index is 2.35. The number of hydrogen-bond acceptors (Lipinski definition) is 4. The number of rotatable bonds is 1. The molecule has 2 heterocycles. The van der Waals surface area contributed by atoms with Crippen molar-refractivity contribution >= 4 is 50.2 Å². The first-order valence-corrected chi connectivity index (χ1v) is 7.81. The minimum absolute atomic E-state index is 0.0589. The molecule has 0 amide bonds. The van der Waals surface area contributed by atoms with Crippen molar-refractivity contribution < 1.29 is 18.6 Å². The van der Waals surface area contributed by atoms with E-state index >= 15 is 0 Å². The quantitative estimate of drug-likeness (QED) is 0.334. The molecule has 1 aliphatic rings. The van der Waals surface area contributed by atoms with Crippen LogP contribution in [0.15, 0.2) is 28.9 Å². The highest BCUT2D eigenvalue weighted by Crippen LogP contribution is 2.33. The molecule has 0 fully saturated rings. The van der Waals surface area contributed by atoms with E-state index in [0.717, 1.165) is 18.5 Å². The van der Waals surface area contributed by atoms with Gasteiger partial charge in [-0.3, -0.25) is 0 Å². The summed E-state index contributed by atoms with van der Waals surface area (Å²) in [6.45, 7) is 1.38. The molecule has 1 aromatic carbocycles. The van der Waals surface area contributed by atoms with E-state index in [1.54, 1.807) is 0 Å². The lowest BCUT2D eigenvalue weighted by atomic mass is 10.00. The predicted octanol–water partition coefficient (Wildman–Crippen LogP) is 3.57. The molecule has 3 rings (SSSR count). The van der Waals surface area contributed by atoms with Crippen molar-refractivity contribution in [3.05, 3.63) is 56.7 Å². The van der Waals surface area contributed by atoms with E-state index in [4.69, 9.17) is 11.6 Å². The van der Waals surface area contributed by atoms with Crippen molar-refractivity contribution in [3.63, 3.8) is 0 Å². The zero-order valence-corrected chi connectivity index (χ0v) is 14.4. The zero-order valence-electron chi connectivity index (χ0n) is 12.1. The van der Waals surface area contributed by atoms with Gasteiger partial charge in [0, 0.05) is 17.0 Å². The third-order valence-electron chi connectivity index (χ3n) is 3.31. The Morgan fingerprint density at radius 2 is 2.08 bits per heavy atom. The highest BCUT2D eigenvalue weighted by molar-refractivity contribution is 9.10. The summed E-state index contributed by atoms with van der Waals surface area (Å²) >= 11 is 8.66. The van der Waals surface area contributed by atoms with E-state index < -0.39 is 17.2 Å². The molecule has 9 heteroatoms. The number of fused-ring (bicyclic) bond motifs is 1. The van der Waals surface area contributed by atoms with Gasteiger partial charge in [0.1, 0.15) is 11.3 Å². The largest absolute Gasteiger partial charge is 0.619 e. The van der Waals surface area contributed by atoms with Gasteiger partial charge in [-0.15, -0.1) is 0 Å². The van der Waals surface area contributed by atoms with Gasteiger partial charge in [0.15, 0.2) is 23.8 Å². The van der Waals surface area contributed by atoms with Crippen molar-refractivity contribution in [1.82, 2.24) is 9.97 Å². The van der Waals surface area contributed by atoms with Crippen LogP contribution in [0.25, 0.3) is 16.5 Å². The molecule has 1 unspecified atom stereocenters. The average molecular weight is 417 g/mol. The van der Waals surface area contributed by atoms with Crippen LogP contribution in [-0.4, -0.2) is 31.6 Å². The first-order valence-electron chi connectivity index (χ1n) is 6.64. The number of hydroxylamine groups is 1. The number of benzene rings is 1. The lowest BCUT2D eigenvalue weighted by molar-refractivity contribution is -0.377. The monoisotopic (exact) mass is 415 g/mol. The Bertz CT molecular complexity index is 958. The van der Waals surface area contributed by atoms with E-state index in [9.17, 15) is 19.1 Å². The maximum Gasteiger partial charge on any atom is 0.223 e. The minimum Gasteiger partial charge on any atom is -0.619 e. The maximum absolute atomic E-state index is 14.3. The standard InChI is InChI=1S/C15H9BrClF2N3O2/c1-15(23)5-7(2-3-22(24)6-15)12-8-4-9(18)10(16)11(19)13(8)21-14(17)20-12/h2-6,23H,1H3. The number of aliphatic hydroxyl groups is 1. The fraction of sp³-hybridized carbons (Fsp3) is 0.133. The van der Waals surface area contributed by atoms with Gasteiger partial charge in [-0.1, -0.05) is 0 Å². The molecule has 5 nitrogen and oxygen atoms in total. The molecule has 2 aromatic rings. The summed E-state index contributed by atoms with van der Waals surface area (Å²) in [4.78, 5) is 7.81. The second-order valence-corrected chi connectivity index (χ2v) is 6.49. The van der Waals surface area contributed by atoms with Gasteiger partial charge in [0.05, 0.1) is 10.2 Å². The van der Waals surface area contributed by atoms with Gasteiger partial charge in [-0.25, -0.2) is 18.7 Å². The second-order valence-electron chi connectivity index (χ2n) is 5.35. The van der Waals surface area contributed by atoms with Gasteiger partial charge in [-0.2, -0.15) is 4.74 Å². The van der Waals surface area contributed by atoms with Crippen molar-refractivity contribution in [2.24, 2.45) is 0 Å². The molecule has 0 saturated heterocycles. The van der Waals surface area contributed by atoms with E-state index in [1.807, 2.05) is 0 Å². The number of nitrogens with zero attached hydrogens (tertiary/aromatic N) is 3. The Kier molecular flexibility index (Phi) is 4.15. The molecule has 0 radical (unpaired) electrons. The summed E-state index contributed by atoms with van der Waals surface area (Å²) in [5.41, 5.74) is -1.41. The molecule has 0 spiro atoms. The van der Waals surface area contributed by atoms with Crippen LogP contribution >= 0.6 is 27.5 Å². The van der Waals surface area contributed by atoms with Gasteiger partial charge in [-0.05, 0) is 46.6 Å². The van der Waals surface area contributed by atoms with Gasteiger partial charge < -0.3 is 10.3 Å². The smallest absolute Gasteiger partial charge is 0.223 e. The molecule has 1 aliphatic heterocycles. The molecular formula is C15H9BrClF2N3O2. The van der Waals surface area contributed by atoms with Crippen molar-refractivity contribution in [3.8, 4) is 0 Å². The maximum atomic E-state index is 14.3. The molecule has 1 atom stereocenters. The topological polar surface area (TPSA) is 72.1 Å². The first-order chi connectivity index (χ1) is 11.2. The molecule has 124 valence electrons. The van der Waals surface area contributed by atoms with Crippen LogP contribution in [0.3, 0.4) is 0 Å². The molecular weight excluding hydrogens is 408 g/mol. The highest BCUT2D eigenvalue weighted by atomic mass is 79.9. The Morgan fingerprint density at radius 1 is 1.38 bits per heavy atom. The van der Waals surface area contributed by atoms with Crippen molar-refractivity contribution in [2.75, 3.05) is 0 Å². The Morgan fingerprint density at radius 3 is 2.79 bits per heavy atom. The zero-order chi connectivity index (χ0) is 17.6. The van der Waals surface area contributed by atoms with E-state index in [-0.39, 0.29) is 31.9 Å². The van der Waals surface area contributed by atoms with Gasteiger partial charge in [0.25, 0.3) is 0 Å². The fourth-order valence-electron chi connectivity index (χ4n) is 2.37. The van der Waals surface area contributed by atoms with Crippen molar-refractivity contribution in [1.29, 1.82) is 0 Å². The van der Waals surface area contributed by atoms with Gasteiger partial charge in [0.2, 0.25) is 5.28 Å². The molecule has 0 bridgehead atoms. The van der Waals surface area contributed by atoms with E-state index in [1.165, 1.54) is 19.1 Å². The van der Waals surface area contributed by atoms with Crippen LogP contribution in [0.4, 0.5) is 8.78 Å². The lowest BCUT2D eigenvalue weighted by Gasteiger charge is -2.13. The molecule has 1 aromatic heterocycles. The summed E-state index contributed by atoms with van der Waals surface area (Å²) in [5.74, 6) is -1.76. The molecule has 0 saturated carbocycles. The molecule has 24 heavy (non-hydrogen) atoms. The van der Waals surface area contributed by atoms with Crippen LogP contribution in [-0.2, 0) is 0 Å². The predicted molar refractivity (Wildman–Crippen MR) is 89.6 cm³/mol. The third kappa shape index (κ3) is 3.04. The summed E-state index contributed by atoms with van der Waals surface area (Å²) in [6.07, 6.45) is 4.86. The number of aromatic nitrogens is 2. The molecule has 1 N–H and O–H groups in total. The van der Waals surface area contributed by atoms with Crippen LogP contribution in [0, 0.1) is 16.8 Å². The number of halogens is 4. The first kappa shape index (κ1) is 16.9. The average Bonchev–Trinajstić information content (AvgIpc) is 2.62. The minimum atomic E-state index is -1.59. The van der Waals surface area contributed by atoms with E-state index in [0.29, 0.717) is 4.74 Å². The highest BCUT2D eigenvalue weighted by Gasteiger charge is 2.25. The van der Waals surface area contributed by atoms with Crippen LogP contribution in [0.2, 0.25) is 5.28 Å². The summed E-state index contributed by atoms with van der Waals surface area (Å²) in [6, 6.07) is 1.06. The van der Waals surface area contributed by atoms with Crippen LogP contribution < -0.4 is 0 Å². The van der Waals surface area contributed by atoms with Crippen LogP contribution in [0.1, 0.15) is 12.6 Å². The fourth-order valence-corrected chi connectivity index (χ4v) is 2.84. The third-order valence-corrected chi connectivity index (χ3v) is 4.21. The summed E-state index contributed by atoms with van der Waals surface area (Å²) < 4.78 is 28.3. The summed E-state index contributed by atoms with van der Waals surface area (Å²) in [5, 5.41) is 21.6.